The van der Waals surface area contributed by atoms with Crippen LogP contribution in [0.15, 0.2) is 30.7 Å². The Hall–Kier alpha value is -2.70. The fourth-order valence-electron chi connectivity index (χ4n) is 1.68. The van der Waals surface area contributed by atoms with Gasteiger partial charge in [0, 0.05) is 5.69 Å². The van der Waals surface area contributed by atoms with Crippen molar-refractivity contribution in [2.24, 2.45) is 0 Å². The molecule has 0 saturated heterocycles. The molecule has 0 amide bonds. The summed E-state index contributed by atoms with van der Waals surface area (Å²) in [6.07, 6.45) is 2.61. The lowest BCUT2D eigenvalue weighted by Crippen LogP contribution is -2.00. The van der Waals surface area contributed by atoms with Crippen molar-refractivity contribution in [3.05, 3.63) is 46.4 Å². The van der Waals surface area contributed by atoms with E-state index in [0.717, 1.165) is 0 Å². The van der Waals surface area contributed by atoms with Crippen LogP contribution in [0.25, 0.3) is 5.69 Å². The second-order valence-electron chi connectivity index (χ2n) is 3.84. The Morgan fingerprint density at radius 1 is 1.47 bits per heavy atom. The van der Waals surface area contributed by atoms with Gasteiger partial charge in [0.15, 0.2) is 5.78 Å². The Kier molecular flexibility index (Phi) is 3.28. The maximum atomic E-state index is 11.5. The van der Waals surface area contributed by atoms with Crippen molar-refractivity contribution in [3.63, 3.8) is 0 Å². The summed E-state index contributed by atoms with van der Waals surface area (Å²) < 4.78 is 6.56. The van der Waals surface area contributed by atoms with Gasteiger partial charge < -0.3 is 14.9 Å². The fourth-order valence-corrected chi connectivity index (χ4v) is 1.68. The molecule has 0 spiro atoms. The molecule has 0 aliphatic rings. The number of nitro groups is 1. The molecule has 0 aliphatic heterocycles. The number of imidazole rings is 1. The maximum Gasteiger partial charge on any atom is 0.381 e. The normalized spacial score (nSPS) is 10.2. The van der Waals surface area contributed by atoms with E-state index >= 15 is 0 Å². The zero-order valence-corrected chi connectivity index (χ0v) is 10.4. The number of hydrogen-bond acceptors (Lipinski definition) is 5. The number of hydrogen-bond donors (Lipinski definition) is 0. The molecular weight excluding hydrogens is 250 g/mol. The summed E-state index contributed by atoms with van der Waals surface area (Å²) in [5.41, 5.74) is 1.02. The molecule has 0 radical (unpaired) electrons. The minimum absolute atomic E-state index is 0.145. The number of methoxy groups -OCH3 is 1. The molecule has 7 nitrogen and oxygen atoms in total. The van der Waals surface area contributed by atoms with E-state index in [1.54, 1.807) is 18.2 Å². The Bertz CT molecular complexity index is 648. The number of aromatic nitrogens is 2. The summed E-state index contributed by atoms with van der Waals surface area (Å²) in [5, 5.41) is 10.6. The molecular formula is C12H11N3O4. The van der Waals surface area contributed by atoms with Gasteiger partial charge in [-0.3, -0.25) is 9.36 Å². The van der Waals surface area contributed by atoms with Gasteiger partial charge in [0.25, 0.3) is 0 Å². The minimum Gasteiger partial charge on any atom is -0.496 e. The van der Waals surface area contributed by atoms with Crippen molar-refractivity contribution in [1.82, 2.24) is 9.55 Å². The van der Waals surface area contributed by atoms with Crippen molar-refractivity contribution >= 4 is 11.6 Å². The number of Topliss-reactive ketones (excluding diaryl/α,β-unsaturated/α-hetero) is 1. The van der Waals surface area contributed by atoms with Crippen LogP contribution in [0.4, 0.5) is 5.82 Å². The van der Waals surface area contributed by atoms with Crippen molar-refractivity contribution in [2.75, 3.05) is 7.11 Å². The van der Waals surface area contributed by atoms with Gasteiger partial charge in [-0.15, -0.1) is 0 Å². The largest absolute Gasteiger partial charge is 0.496 e. The summed E-state index contributed by atoms with van der Waals surface area (Å²) >= 11 is 0. The molecule has 2 rings (SSSR count). The van der Waals surface area contributed by atoms with Gasteiger partial charge in [-0.25, -0.2) is 0 Å². The summed E-state index contributed by atoms with van der Waals surface area (Å²) in [4.78, 5) is 25.2. The number of ketones is 1. The molecule has 2 aromatic rings. The van der Waals surface area contributed by atoms with E-state index in [0.29, 0.717) is 17.0 Å². The van der Waals surface area contributed by atoms with Crippen molar-refractivity contribution in [1.29, 1.82) is 0 Å². The van der Waals surface area contributed by atoms with Crippen LogP contribution in [-0.4, -0.2) is 27.4 Å². The topological polar surface area (TPSA) is 87.3 Å². The average molecular weight is 261 g/mol. The molecule has 19 heavy (non-hydrogen) atoms. The molecule has 0 N–H and O–H groups in total. The van der Waals surface area contributed by atoms with E-state index in [2.05, 4.69) is 4.98 Å². The van der Waals surface area contributed by atoms with Crippen molar-refractivity contribution in [3.8, 4) is 11.4 Å². The second-order valence-corrected chi connectivity index (χ2v) is 3.84. The molecule has 1 heterocycles. The van der Waals surface area contributed by atoms with E-state index in [1.165, 1.54) is 31.1 Å². The van der Waals surface area contributed by atoms with Crippen molar-refractivity contribution in [2.45, 2.75) is 6.92 Å². The smallest absolute Gasteiger partial charge is 0.381 e. The van der Waals surface area contributed by atoms with Crippen LogP contribution >= 0.6 is 0 Å². The molecule has 0 unspecified atom stereocenters. The summed E-state index contributed by atoms with van der Waals surface area (Å²) in [7, 11) is 1.48. The molecule has 0 fully saturated rings. The van der Waals surface area contributed by atoms with Crippen LogP contribution in [0.5, 0.6) is 5.75 Å². The predicted molar refractivity (Wildman–Crippen MR) is 66.8 cm³/mol. The number of ether oxygens (including phenoxy) is 1. The van der Waals surface area contributed by atoms with Crippen molar-refractivity contribution < 1.29 is 14.5 Å². The standard InChI is InChI=1S/C12H11N3O4/c1-8(16)10-5-9(3-4-11(10)19-2)14-6-12(13-7-14)15(17)18/h3-7H,1-2H3. The van der Waals surface area contributed by atoms with E-state index < -0.39 is 4.92 Å². The molecule has 0 saturated carbocycles. The third-order valence-corrected chi connectivity index (χ3v) is 2.62. The Morgan fingerprint density at radius 2 is 2.21 bits per heavy atom. The Balaban J connectivity index is 2.47. The number of nitrogens with zero attached hydrogens (tertiary/aromatic N) is 3. The zero-order valence-electron chi connectivity index (χ0n) is 10.4. The van der Waals surface area contributed by atoms with Crippen LogP contribution in [0.3, 0.4) is 0 Å². The number of rotatable bonds is 4. The SMILES string of the molecule is COc1ccc(-n2cnc([N+](=O)[O-])c2)cc1C(C)=O. The first-order valence-corrected chi connectivity index (χ1v) is 5.40. The molecule has 98 valence electrons. The third kappa shape index (κ3) is 2.44. The first-order valence-electron chi connectivity index (χ1n) is 5.40. The van der Waals surface area contributed by atoms with E-state index in [-0.39, 0.29) is 11.6 Å². The molecule has 1 aromatic heterocycles. The number of carbonyl (C=O) groups excluding carboxylic acids is 1. The van der Waals surface area contributed by atoms with E-state index in [1.807, 2.05) is 0 Å². The molecule has 0 bridgehead atoms. The number of carbonyl (C=O) groups is 1. The highest BCUT2D eigenvalue weighted by Gasteiger charge is 2.14. The van der Waals surface area contributed by atoms with Gasteiger partial charge in [-0.2, -0.15) is 0 Å². The molecule has 0 atom stereocenters. The quantitative estimate of drug-likeness (QED) is 0.477. The van der Waals surface area contributed by atoms with Gasteiger partial charge >= 0.3 is 5.82 Å². The maximum absolute atomic E-state index is 11.5. The van der Waals surface area contributed by atoms with Crippen LogP contribution < -0.4 is 4.74 Å². The van der Waals surface area contributed by atoms with Gasteiger partial charge in [0.1, 0.15) is 11.9 Å². The van der Waals surface area contributed by atoms with Crippen LogP contribution in [0.2, 0.25) is 0 Å². The lowest BCUT2D eigenvalue weighted by molar-refractivity contribution is -0.389. The van der Waals surface area contributed by atoms with Crippen LogP contribution in [-0.2, 0) is 0 Å². The molecule has 7 heteroatoms. The van der Waals surface area contributed by atoms with Gasteiger partial charge in [0.05, 0.1) is 12.7 Å². The summed E-state index contributed by atoms with van der Waals surface area (Å²) in [6.45, 7) is 1.43. The zero-order chi connectivity index (χ0) is 14.0. The monoisotopic (exact) mass is 261 g/mol. The Labute approximate surface area is 108 Å². The van der Waals surface area contributed by atoms with Gasteiger partial charge in [0.2, 0.25) is 6.33 Å². The second kappa shape index (κ2) is 4.89. The van der Waals surface area contributed by atoms with Crippen LogP contribution in [0, 0.1) is 10.1 Å². The first-order chi connectivity index (χ1) is 9.02. The fraction of sp³-hybridized carbons (Fsp3) is 0.167. The average Bonchev–Trinajstić information content (AvgIpc) is 2.87. The summed E-state index contributed by atoms with van der Waals surface area (Å²) in [5.74, 6) is 0.0689. The van der Waals surface area contributed by atoms with Gasteiger partial charge in [-0.1, -0.05) is 0 Å². The predicted octanol–water partition coefficient (Wildman–Crippen LogP) is 1.99. The third-order valence-electron chi connectivity index (χ3n) is 2.62. The molecule has 1 aromatic carbocycles. The highest BCUT2D eigenvalue weighted by Crippen LogP contribution is 2.23. The van der Waals surface area contributed by atoms with Gasteiger partial charge in [-0.05, 0) is 35.0 Å². The lowest BCUT2D eigenvalue weighted by atomic mass is 10.1. The Morgan fingerprint density at radius 3 is 2.74 bits per heavy atom. The minimum atomic E-state index is -0.577. The van der Waals surface area contributed by atoms with E-state index in [9.17, 15) is 14.9 Å². The van der Waals surface area contributed by atoms with Crippen LogP contribution in [0.1, 0.15) is 17.3 Å². The first kappa shape index (κ1) is 12.7. The molecule has 0 aliphatic carbocycles. The van der Waals surface area contributed by atoms with E-state index in [4.69, 9.17) is 4.74 Å². The lowest BCUT2D eigenvalue weighted by Gasteiger charge is -2.08. The highest BCUT2D eigenvalue weighted by atomic mass is 16.6. The summed E-state index contributed by atoms with van der Waals surface area (Å²) in [6, 6.07) is 4.93. The highest BCUT2D eigenvalue weighted by molar-refractivity contribution is 5.97. The number of benzene rings is 1.